The average Bonchev–Trinajstić information content (AvgIpc) is 2.83. The van der Waals surface area contributed by atoms with E-state index >= 15 is 0 Å². The number of nitrogens with one attached hydrogen (secondary N) is 2. The van der Waals surface area contributed by atoms with Crippen molar-refractivity contribution in [3.63, 3.8) is 0 Å². The number of nitrogens with zero attached hydrogens (tertiary/aromatic N) is 1. The second-order valence-corrected chi connectivity index (χ2v) is 5.84. The van der Waals surface area contributed by atoms with Gasteiger partial charge in [0.05, 0.1) is 5.01 Å². The van der Waals surface area contributed by atoms with E-state index in [0.29, 0.717) is 30.4 Å². The molecule has 1 rings (SSSR count). The molecule has 2 amide bonds. The highest BCUT2D eigenvalue weighted by molar-refractivity contribution is 7.09. The summed E-state index contributed by atoms with van der Waals surface area (Å²) in [4.78, 5) is 26.1. The molecule has 7 heteroatoms. The lowest BCUT2D eigenvalue weighted by Crippen LogP contribution is -2.37. The zero-order valence-corrected chi connectivity index (χ0v) is 12.6. The van der Waals surface area contributed by atoms with Crippen LogP contribution in [0.25, 0.3) is 0 Å². The van der Waals surface area contributed by atoms with Gasteiger partial charge in [-0.15, -0.1) is 11.3 Å². The van der Waals surface area contributed by atoms with Gasteiger partial charge in [0.1, 0.15) is 0 Å². The largest absolute Gasteiger partial charge is 0.476 e. The van der Waals surface area contributed by atoms with Gasteiger partial charge in [0.15, 0.2) is 5.69 Å². The van der Waals surface area contributed by atoms with Crippen LogP contribution in [0.3, 0.4) is 0 Å². The second kappa shape index (κ2) is 8.52. The van der Waals surface area contributed by atoms with Gasteiger partial charge in [-0.1, -0.05) is 13.8 Å². The average molecular weight is 299 g/mol. The summed E-state index contributed by atoms with van der Waals surface area (Å²) in [5.74, 6) is -0.378. The van der Waals surface area contributed by atoms with Gasteiger partial charge in [-0.3, -0.25) is 0 Å². The Hall–Kier alpha value is -1.63. The minimum Gasteiger partial charge on any atom is -0.476 e. The number of amides is 2. The number of hydrogen-bond acceptors (Lipinski definition) is 4. The van der Waals surface area contributed by atoms with Crippen LogP contribution < -0.4 is 10.6 Å². The zero-order valence-electron chi connectivity index (χ0n) is 11.8. The molecular formula is C13H21N3O3S. The molecule has 3 N–H and O–H groups in total. The molecule has 0 radical (unpaired) electrons. The SMILES string of the molecule is CC(C)CCCNC(=O)NCCc1nc(C(=O)O)cs1. The van der Waals surface area contributed by atoms with Crippen molar-refractivity contribution in [3.8, 4) is 0 Å². The summed E-state index contributed by atoms with van der Waals surface area (Å²) in [6, 6.07) is -0.191. The smallest absolute Gasteiger partial charge is 0.355 e. The quantitative estimate of drug-likeness (QED) is 0.641. The fourth-order valence-electron chi connectivity index (χ4n) is 1.58. The number of aromatic nitrogens is 1. The predicted molar refractivity (Wildman–Crippen MR) is 78.3 cm³/mol. The van der Waals surface area contributed by atoms with Crippen LogP contribution >= 0.6 is 11.3 Å². The van der Waals surface area contributed by atoms with Crippen LogP contribution in [0.15, 0.2) is 5.38 Å². The maximum absolute atomic E-state index is 11.5. The minimum absolute atomic E-state index is 0.0585. The lowest BCUT2D eigenvalue weighted by atomic mass is 10.1. The molecule has 6 nitrogen and oxygen atoms in total. The Morgan fingerprint density at radius 1 is 1.35 bits per heavy atom. The molecule has 0 aliphatic rings. The molecule has 0 bridgehead atoms. The van der Waals surface area contributed by atoms with Gasteiger partial charge >= 0.3 is 12.0 Å². The monoisotopic (exact) mass is 299 g/mol. The molecule has 0 atom stereocenters. The first-order valence-corrected chi connectivity index (χ1v) is 7.56. The van der Waals surface area contributed by atoms with Crippen molar-refractivity contribution in [2.45, 2.75) is 33.1 Å². The van der Waals surface area contributed by atoms with Gasteiger partial charge < -0.3 is 15.7 Å². The van der Waals surface area contributed by atoms with E-state index in [9.17, 15) is 9.59 Å². The topological polar surface area (TPSA) is 91.3 Å². The van der Waals surface area contributed by atoms with Crippen LogP contribution in [0, 0.1) is 5.92 Å². The molecule has 0 spiro atoms. The Kier molecular flexibility index (Phi) is 7.00. The van der Waals surface area contributed by atoms with Crippen molar-refractivity contribution in [2.75, 3.05) is 13.1 Å². The van der Waals surface area contributed by atoms with E-state index in [4.69, 9.17) is 5.11 Å². The maximum Gasteiger partial charge on any atom is 0.355 e. The molecule has 0 aromatic carbocycles. The van der Waals surface area contributed by atoms with Gasteiger partial charge in [-0.25, -0.2) is 14.6 Å². The first-order valence-electron chi connectivity index (χ1n) is 6.68. The normalized spacial score (nSPS) is 10.6. The van der Waals surface area contributed by atoms with Crippen molar-refractivity contribution in [1.82, 2.24) is 15.6 Å². The number of rotatable bonds is 8. The fourth-order valence-corrected chi connectivity index (χ4v) is 2.35. The summed E-state index contributed by atoms with van der Waals surface area (Å²) in [6.45, 7) is 5.42. The third-order valence-electron chi connectivity index (χ3n) is 2.64. The Morgan fingerprint density at radius 2 is 2.05 bits per heavy atom. The first kappa shape index (κ1) is 16.4. The third-order valence-corrected chi connectivity index (χ3v) is 3.55. The van der Waals surface area contributed by atoms with E-state index in [0.717, 1.165) is 12.8 Å². The fraction of sp³-hybridized carbons (Fsp3) is 0.615. The molecule has 0 saturated heterocycles. The molecule has 0 saturated carbocycles. The highest BCUT2D eigenvalue weighted by Crippen LogP contribution is 2.09. The van der Waals surface area contributed by atoms with Gasteiger partial charge in [-0.2, -0.15) is 0 Å². The van der Waals surface area contributed by atoms with E-state index in [-0.39, 0.29) is 11.7 Å². The number of aromatic carboxylic acids is 1. The molecule has 1 aromatic rings. The van der Waals surface area contributed by atoms with Crippen molar-refractivity contribution < 1.29 is 14.7 Å². The number of thiazole rings is 1. The highest BCUT2D eigenvalue weighted by Gasteiger charge is 2.08. The van der Waals surface area contributed by atoms with Crippen molar-refractivity contribution >= 4 is 23.3 Å². The molecule has 0 aliphatic heterocycles. The standard InChI is InChI=1S/C13H21N3O3S/c1-9(2)4-3-6-14-13(19)15-7-5-11-16-10(8-20-11)12(17)18/h8-9H,3-7H2,1-2H3,(H,17,18)(H2,14,15,19). The number of carboxylic acid groups (broad SMARTS) is 1. The van der Waals surface area contributed by atoms with E-state index in [2.05, 4.69) is 29.5 Å². The van der Waals surface area contributed by atoms with E-state index < -0.39 is 5.97 Å². The number of carbonyl (C=O) groups is 2. The Morgan fingerprint density at radius 3 is 2.65 bits per heavy atom. The van der Waals surface area contributed by atoms with Crippen molar-refractivity contribution in [1.29, 1.82) is 0 Å². The summed E-state index contributed by atoms with van der Waals surface area (Å²) in [5.41, 5.74) is 0.0585. The summed E-state index contributed by atoms with van der Waals surface area (Å²) in [7, 11) is 0. The molecule has 1 aromatic heterocycles. The molecule has 112 valence electrons. The van der Waals surface area contributed by atoms with E-state index in [1.165, 1.54) is 16.7 Å². The van der Waals surface area contributed by atoms with E-state index in [1.54, 1.807) is 0 Å². The Balaban J connectivity index is 2.13. The number of hydrogen-bond donors (Lipinski definition) is 3. The summed E-state index contributed by atoms with van der Waals surface area (Å²) in [6.07, 6.45) is 2.61. The van der Waals surface area contributed by atoms with E-state index in [1.807, 2.05) is 0 Å². The maximum atomic E-state index is 11.5. The van der Waals surface area contributed by atoms with Crippen LogP contribution in [0.1, 0.15) is 42.2 Å². The van der Waals surface area contributed by atoms with Crippen molar-refractivity contribution in [2.24, 2.45) is 5.92 Å². The molecule has 0 aliphatic carbocycles. The summed E-state index contributed by atoms with van der Waals surface area (Å²) >= 11 is 1.29. The van der Waals surface area contributed by atoms with Crippen molar-refractivity contribution in [3.05, 3.63) is 16.1 Å². The molecular weight excluding hydrogens is 278 g/mol. The summed E-state index contributed by atoms with van der Waals surface area (Å²) in [5, 5.41) is 16.5. The third kappa shape index (κ3) is 6.51. The van der Waals surface area contributed by atoms with Gasteiger partial charge in [0.2, 0.25) is 0 Å². The summed E-state index contributed by atoms with van der Waals surface area (Å²) < 4.78 is 0. The molecule has 1 heterocycles. The van der Waals surface area contributed by atoms with Crippen LogP contribution in [-0.2, 0) is 6.42 Å². The van der Waals surface area contributed by atoms with Crippen LogP contribution in [0.2, 0.25) is 0 Å². The van der Waals surface area contributed by atoms with Crippen LogP contribution in [0.5, 0.6) is 0 Å². The number of urea groups is 1. The van der Waals surface area contributed by atoms with Gasteiger partial charge in [0.25, 0.3) is 0 Å². The van der Waals surface area contributed by atoms with Gasteiger partial charge in [-0.05, 0) is 18.8 Å². The van der Waals surface area contributed by atoms with Crippen LogP contribution in [0.4, 0.5) is 4.79 Å². The molecule has 0 fully saturated rings. The lowest BCUT2D eigenvalue weighted by molar-refractivity contribution is 0.0691. The molecule has 20 heavy (non-hydrogen) atoms. The van der Waals surface area contributed by atoms with Gasteiger partial charge in [0, 0.05) is 24.9 Å². The lowest BCUT2D eigenvalue weighted by Gasteiger charge is -2.07. The zero-order chi connectivity index (χ0) is 15.0. The minimum atomic E-state index is -1.02. The molecule has 0 unspecified atom stereocenters. The Bertz CT molecular complexity index is 446. The predicted octanol–water partition coefficient (Wildman–Crippen LogP) is 2.12. The number of carbonyl (C=O) groups excluding carboxylic acids is 1. The second-order valence-electron chi connectivity index (χ2n) is 4.90. The highest BCUT2D eigenvalue weighted by atomic mass is 32.1. The number of carboxylic acids is 1. The van der Waals surface area contributed by atoms with Crippen LogP contribution in [-0.4, -0.2) is 35.2 Å². The first-order chi connectivity index (χ1) is 9.49. The Labute approximate surface area is 122 Å².